The van der Waals surface area contributed by atoms with E-state index in [-0.39, 0.29) is 6.03 Å². The average molecular weight is 322 g/mol. The summed E-state index contributed by atoms with van der Waals surface area (Å²) in [5.41, 5.74) is 1.21. The van der Waals surface area contributed by atoms with Crippen LogP contribution in [0.2, 0.25) is 0 Å². The van der Waals surface area contributed by atoms with E-state index in [0.29, 0.717) is 13.2 Å². The number of carbonyl (C=O) groups is 1. The van der Waals surface area contributed by atoms with E-state index < -0.39 is 0 Å². The smallest absolute Gasteiger partial charge is 0.317 e. The lowest BCUT2D eigenvalue weighted by Gasteiger charge is -2.37. The largest absolute Gasteiger partial charge is 0.488 e. The van der Waals surface area contributed by atoms with Crippen molar-refractivity contribution in [3.63, 3.8) is 0 Å². The number of benzene rings is 1. The van der Waals surface area contributed by atoms with E-state index in [1.54, 1.807) is 19.0 Å². The number of nitrogens with one attached hydrogen (secondary N) is 1. The van der Waals surface area contributed by atoms with Gasteiger partial charge in [-0.05, 0) is 38.5 Å². The Labute approximate surface area is 140 Å². The van der Waals surface area contributed by atoms with Crippen LogP contribution in [0.3, 0.4) is 0 Å². The SMILES string of the molecule is CC[N+](CC)(CCNC(=O)N(C)C)CCOc1cccc(C)c1. The molecular weight excluding hydrogens is 290 g/mol. The molecular formula is C18H32N3O2+. The lowest BCUT2D eigenvalue weighted by Crippen LogP contribution is -2.54. The number of urea groups is 1. The first-order valence-corrected chi connectivity index (χ1v) is 8.42. The van der Waals surface area contributed by atoms with Crippen LogP contribution in [0.5, 0.6) is 5.75 Å². The van der Waals surface area contributed by atoms with Crippen molar-refractivity contribution in [2.45, 2.75) is 20.8 Å². The molecule has 0 fully saturated rings. The number of quaternary nitrogens is 1. The van der Waals surface area contributed by atoms with E-state index in [2.05, 4.69) is 38.2 Å². The van der Waals surface area contributed by atoms with E-state index in [1.165, 1.54) is 5.56 Å². The summed E-state index contributed by atoms with van der Waals surface area (Å²) < 4.78 is 6.84. The molecule has 2 amide bonds. The molecule has 0 heterocycles. The topological polar surface area (TPSA) is 41.6 Å². The van der Waals surface area contributed by atoms with Gasteiger partial charge in [-0.2, -0.15) is 0 Å². The summed E-state index contributed by atoms with van der Waals surface area (Å²) in [4.78, 5) is 13.2. The third kappa shape index (κ3) is 6.48. The molecule has 5 heteroatoms. The third-order valence-electron chi connectivity index (χ3n) is 4.43. The maximum atomic E-state index is 11.6. The maximum Gasteiger partial charge on any atom is 0.317 e. The molecule has 1 aromatic rings. The summed E-state index contributed by atoms with van der Waals surface area (Å²) in [5, 5.41) is 2.95. The van der Waals surface area contributed by atoms with Crippen molar-refractivity contribution in [1.29, 1.82) is 0 Å². The van der Waals surface area contributed by atoms with Gasteiger partial charge in [-0.3, -0.25) is 0 Å². The number of amides is 2. The molecule has 0 spiro atoms. The minimum absolute atomic E-state index is 0.0358. The molecule has 0 unspecified atom stereocenters. The number of aryl methyl sites for hydroxylation is 1. The highest BCUT2D eigenvalue weighted by atomic mass is 16.5. The van der Waals surface area contributed by atoms with Crippen LogP contribution in [0.25, 0.3) is 0 Å². The Hall–Kier alpha value is -1.75. The first kappa shape index (κ1) is 19.3. The van der Waals surface area contributed by atoms with Crippen LogP contribution in [0.4, 0.5) is 4.79 Å². The molecule has 0 aliphatic carbocycles. The molecule has 1 rings (SSSR count). The van der Waals surface area contributed by atoms with Crippen molar-refractivity contribution < 1.29 is 14.0 Å². The molecule has 0 saturated carbocycles. The highest BCUT2D eigenvalue weighted by Crippen LogP contribution is 2.13. The molecule has 1 N–H and O–H groups in total. The summed E-state index contributed by atoms with van der Waals surface area (Å²) in [7, 11) is 3.51. The van der Waals surface area contributed by atoms with Gasteiger partial charge in [-0.15, -0.1) is 0 Å². The molecule has 5 nitrogen and oxygen atoms in total. The van der Waals surface area contributed by atoms with Gasteiger partial charge in [0.25, 0.3) is 0 Å². The summed E-state index contributed by atoms with van der Waals surface area (Å²) in [5.74, 6) is 0.927. The Morgan fingerprint density at radius 3 is 2.48 bits per heavy atom. The molecule has 23 heavy (non-hydrogen) atoms. The fourth-order valence-electron chi connectivity index (χ4n) is 2.59. The Bertz CT molecular complexity index is 485. The summed E-state index contributed by atoms with van der Waals surface area (Å²) in [6, 6.07) is 8.11. The molecule has 0 saturated heterocycles. The Morgan fingerprint density at radius 1 is 1.22 bits per heavy atom. The van der Waals surface area contributed by atoms with Crippen LogP contribution in [0.15, 0.2) is 24.3 Å². The fraction of sp³-hybridized carbons (Fsp3) is 0.611. The highest BCUT2D eigenvalue weighted by molar-refractivity contribution is 5.73. The number of hydrogen-bond donors (Lipinski definition) is 1. The fourth-order valence-corrected chi connectivity index (χ4v) is 2.59. The summed E-state index contributed by atoms with van der Waals surface area (Å²) in [6.45, 7) is 11.8. The standard InChI is InChI=1S/C18H31N3O2/c1-6-21(7-2,12-11-19-18(22)20(4)5)13-14-23-17-10-8-9-16(3)15-17/h8-10,15H,6-7,11-14H2,1-5H3/p+1. The van der Waals surface area contributed by atoms with Crippen molar-refractivity contribution in [3.05, 3.63) is 29.8 Å². The number of hydrogen-bond acceptors (Lipinski definition) is 2. The zero-order valence-corrected chi connectivity index (χ0v) is 15.3. The van der Waals surface area contributed by atoms with E-state index in [9.17, 15) is 4.79 Å². The summed E-state index contributed by atoms with van der Waals surface area (Å²) in [6.07, 6.45) is 0. The average Bonchev–Trinajstić information content (AvgIpc) is 2.53. The predicted octanol–water partition coefficient (Wildman–Crippen LogP) is 2.50. The molecule has 0 bridgehead atoms. The van der Waals surface area contributed by atoms with Crippen LogP contribution in [0, 0.1) is 6.92 Å². The van der Waals surface area contributed by atoms with Gasteiger partial charge >= 0.3 is 6.03 Å². The van der Waals surface area contributed by atoms with Crippen LogP contribution >= 0.6 is 0 Å². The van der Waals surface area contributed by atoms with Gasteiger partial charge in [0, 0.05) is 14.1 Å². The first-order chi connectivity index (χ1) is 10.9. The van der Waals surface area contributed by atoms with Crippen molar-refractivity contribution in [3.8, 4) is 5.75 Å². The second-order valence-electron chi connectivity index (χ2n) is 6.21. The molecule has 0 radical (unpaired) electrons. The van der Waals surface area contributed by atoms with Gasteiger partial charge < -0.3 is 19.4 Å². The van der Waals surface area contributed by atoms with Crippen LogP contribution in [-0.2, 0) is 0 Å². The Balaban J connectivity index is 2.47. The van der Waals surface area contributed by atoms with Gasteiger partial charge in [-0.1, -0.05) is 12.1 Å². The van der Waals surface area contributed by atoms with Gasteiger partial charge in [0.15, 0.2) is 0 Å². The number of nitrogens with zero attached hydrogens (tertiary/aromatic N) is 2. The van der Waals surface area contributed by atoms with E-state index in [4.69, 9.17) is 4.74 Å². The zero-order valence-electron chi connectivity index (χ0n) is 15.3. The second kappa shape index (κ2) is 9.40. The van der Waals surface area contributed by atoms with Crippen LogP contribution < -0.4 is 10.1 Å². The quantitative estimate of drug-likeness (QED) is 0.710. The molecule has 0 atom stereocenters. The second-order valence-corrected chi connectivity index (χ2v) is 6.21. The van der Waals surface area contributed by atoms with E-state index in [1.807, 2.05) is 12.1 Å². The lowest BCUT2D eigenvalue weighted by atomic mass is 10.2. The number of likely N-dealkylation sites (N-methyl/N-ethyl adjacent to an activating group) is 1. The molecule has 130 valence electrons. The number of ether oxygens (including phenoxy) is 1. The first-order valence-electron chi connectivity index (χ1n) is 8.42. The Kier molecular flexibility index (Phi) is 7.89. The van der Waals surface area contributed by atoms with Gasteiger partial charge in [0.1, 0.15) is 18.9 Å². The summed E-state index contributed by atoms with van der Waals surface area (Å²) >= 11 is 0. The van der Waals surface area contributed by atoms with Crippen LogP contribution in [-0.4, -0.2) is 68.8 Å². The minimum atomic E-state index is -0.0358. The van der Waals surface area contributed by atoms with Crippen molar-refractivity contribution >= 4 is 6.03 Å². The van der Waals surface area contributed by atoms with Gasteiger partial charge in [0.05, 0.1) is 26.2 Å². The van der Waals surface area contributed by atoms with Crippen molar-refractivity contribution in [2.24, 2.45) is 0 Å². The van der Waals surface area contributed by atoms with Gasteiger partial charge in [0.2, 0.25) is 0 Å². The van der Waals surface area contributed by atoms with Crippen LogP contribution in [0.1, 0.15) is 19.4 Å². The van der Waals surface area contributed by atoms with Gasteiger partial charge in [-0.25, -0.2) is 4.79 Å². The maximum absolute atomic E-state index is 11.6. The highest BCUT2D eigenvalue weighted by Gasteiger charge is 2.23. The number of rotatable bonds is 9. The number of carbonyl (C=O) groups excluding carboxylic acids is 1. The Morgan fingerprint density at radius 2 is 1.91 bits per heavy atom. The zero-order chi connectivity index (χ0) is 17.3. The minimum Gasteiger partial charge on any atom is -0.488 e. The predicted molar refractivity (Wildman–Crippen MR) is 94.8 cm³/mol. The van der Waals surface area contributed by atoms with E-state index in [0.717, 1.165) is 36.4 Å². The lowest BCUT2D eigenvalue weighted by molar-refractivity contribution is -0.923. The molecule has 0 aromatic heterocycles. The monoisotopic (exact) mass is 322 g/mol. The normalized spacial score (nSPS) is 11.2. The molecule has 0 aliphatic heterocycles. The van der Waals surface area contributed by atoms with Crippen molar-refractivity contribution in [2.75, 3.05) is 53.4 Å². The van der Waals surface area contributed by atoms with Crippen molar-refractivity contribution in [1.82, 2.24) is 10.2 Å². The third-order valence-corrected chi connectivity index (χ3v) is 4.43. The molecule has 0 aliphatic rings. The molecule has 1 aromatic carbocycles. The van der Waals surface area contributed by atoms with E-state index >= 15 is 0 Å².